The first-order valence-corrected chi connectivity index (χ1v) is 9.80. The monoisotopic (exact) mass is 322 g/mol. The summed E-state index contributed by atoms with van der Waals surface area (Å²) in [5.41, 5.74) is 0. The quantitative estimate of drug-likeness (QED) is 0.787. The molecule has 0 N–H and O–H groups in total. The molecule has 134 valence electrons. The van der Waals surface area contributed by atoms with Crippen molar-refractivity contribution in [3.8, 4) is 0 Å². The molecule has 0 aromatic heterocycles. The van der Waals surface area contributed by atoms with Gasteiger partial charge >= 0.3 is 0 Å². The molecule has 0 spiro atoms. The number of carbonyl (C=O) groups is 1. The molecule has 3 atom stereocenters. The van der Waals surface area contributed by atoms with Gasteiger partial charge in [-0.2, -0.15) is 0 Å². The lowest BCUT2D eigenvalue weighted by Crippen LogP contribution is -2.52. The summed E-state index contributed by atoms with van der Waals surface area (Å²) in [5.74, 6) is 4.18. The largest absolute Gasteiger partial charge is 0.342 e. The van der Waals surface area contributed by atoms with E-state index in [1.54, 1.807) is 0 Å². The fraction of sp³-hybridized carbons (Fsp3) is 0.950. The highest BCUT2D eigenvalue weighted by Gasteiger charge is 2.36. The van der Waals surface area contributed by atoms with Gasteiger partial charge in [0, 0.05) is 25.6 Å². The highest BCUT2D eigenvalue weighted by Crippen LogP contribution is 2.32. The molecule has 1 unspecified atom stereocenters. The van der Waals surface area contributed by atoms with Crippen LogP contribution in [0.2, 0.25) is 0 Å². The number of piperidine rings is 2. The van der Waals surface area contributed by atoms with E-state index in [9.17, 15) is 4.79 Å². The van der Waals surface area contributed by atoms with Gasteiger partial charge < -0.3 is 9.80 Å². The van der Waals surface area contributed by atoms with E-state index in [4.69, 9.17) is 0 Å². The minimum Gasteiger partial charge on any atom is -0.342 e. The van der Waals surface area contributed by atoms with Gasteiger partial charge in [0.25, 0.3) is 0 Å². The molecule has 2 aliphatic heterocycles. The van der Waals surface area contributed by atoms with Crippen molar-refractivity contribution < 1.29 is 4.79 Å². The van der Waals surface area contributed by atoms with Crippen LogP contribution in [0.1, 0.15) is 54.4 Å². The highest BCUT2D eigenvalue weighted by molar-refractivity contribution is 5.78. The third-order valence-electron chi connectivity index (χ3n) is 6.33. The van der Waals surface area contributed by atoms with Crippen LogP contribution in [0.15, 0.2) is 0 Å². The number of hydrogen-bond acceptors (Lipinski definition) is 2. The molecule has 0 saturated carbocycles. The first-order valence-electron chi connectivity index (χ1n) is 9.80. The Morgan fingerprint density at radius 3 is 1.96 bits per heavy atom. The molecule has 3 nitrogen and oxygen atoms in total. The molecule has 3 heteroatoms. The molecule has 23 heavy (non-hydrogen) atoms. The third-order valence-corrected chi connectivity index (χ3v) is 6.33. The number of nitrogens with zero attached hydrogens (tertiary/aromatic N) is 2. The Kier molecular flexibility index (Phi) is 6.53. The van der Waals surface area contributed by atoms with E-state index in [1.165, 1.54) is 32.5 Å². The van der Waals surface area contributed by atoms with Gasteiger partial charge in [0.15, 0.2) is 0 Å². The fourth-order valence-corrected chi connectivity index (χ4v) is 4.61. The SMILES string of the molecule is CC(C)C(=O)N1C[C@@H](C)C(CN2CCC(C(C)C)CC2)[C@@H](C)C1. The molecule has 2 saturated heterocycles. The van der Waals surface area contributed by atoms with Crippen LogP contribution in [0, 0.1) is 35.5 Å². The van der Waals surface area contributed by atoms with Crippen molar-refractivity contribution in [1.82, 2.24) is 9.80 Å². The zero-order chi connectivity index (χ0) is 17.1. The Morgan fingerprint density at radius 1 is 1.00 bits per heavy atom. The van der Waals surface area contributed by atoms with Crippen molar-refractivity contribution in [2.45, 2.75) is 54.4 Å². The van der Waals surface area contributed by atoms with Gasteiger partial charge in [0.2, 0.25) is 5.91 Å². The Bertz CT molecular complexity index is 373. The van der Waals surface area contributed by atoms with Crippen LogP contribution >= 0.6 is 0 Å². The maximum absolute atomic E-state index is 12.3. The minimum atomic E-state index is 0.126. The van der Waals surface area contributed by atoms with Gasteiger partial charge in [0.05, 0.1) is 0 Å². The van der Waals surface area contributed by atoms with Gasteiger partial charge in [-0.3, -0.25) is 4.79 Å². The topological polar surface area (TPSA) is 23.6 Å². The molecule has 1 amide bonds. The predicted molar refractivity (Wildman–Crippen MR) is 97.2 cm³/mol. The van der Waals surface area contributed by atoms with Crippen molar-refractivity contribution in [2.75, 3.05) is 32.7 Å². The normalized spacial score (nSPS) is 31.1. The molecule has 2 aliphatic rings. The predicted octanol–water partition coefficient (Wildman–Crippen LogP) is 3.74. The summed E-state index contributed by atoms with van der Waals surface area (Å²) in [6.45, 7) is 19.1. The van der Waals surface area contributed by atoms with Crippen molar-refractivity contribution in [3.05, 3.63) is 0 Å². The highest BCUT2D eigenvalue weighted by atomic mass is 16.2. The van der Waals surface area contributed by atoms with Crippen LogP contribution in [-0.2, 0) is 4.79 Å². The summed E-state index contributed by atoms with van der Waals surface area (Å²) in [5, 5.41) is 0. The second kappa shape index (κ2) is 8.00. The summed E-state index contributed by atoms with van der Waals surface area (Å²) in [6.07, 6.45) is 2.73. The lowest BCUT2D eigenvalue weighted by atomic mass is 9.78. The van der Waals surface area contributed by atoms with Gasteiger partial charge in [-0.25, -0.2) is 0 Å². The Labute approximate surface area is 143 Å². The molecule has 2 heterocycles. The summed E-state index contributed by atoms with van der Waals surface area (Å²) in [7, 11) is 0. The van der Waals surface area contributed by atoms with Gasteiger partial charge in [-0.15, -0.1) is 0 Å². The third kappa shape index (κ3) is 4.71. The maximum Gasteiger partial charge on any atom is 0.225 e. The summed E-state index contributed by atoms with van der Waals surface area (Å²) < 4.78 is 0. The van der Waals surface area contributed by atoms with Crippen molar-refractivity contribution >= 4 is 5.91 Å². The van der Waals surface area contributed by atoms with Crippen LogP contribution in [0.5, 0.6) is 0 Å². The Balaban J connectivity index is 1.86. The molecular weight excluding hydrogens is 284 g/mol. The van der Waals surface area contributed by atoms with E-state index in [2.05, 4.69) is 37.5 Å². The van der Waals surface area contributed by atoms with Crippen LogP contribution in [-0.4, -0.2) is 48.4 Å². The van der Waals surface area contributed by atoms with E-state index in [0.29, 0.717) is 17.7 Å². The summed E-state index contributed by atoms with van der Waals surface area (Å²) in [6, 6.07) is 0. The van der Waals surface area contributed by atoms with Crippen molar-refractivity contribution in [1.29, 1.82) is 0 Å². The van der Waals surface area contributed by atoms with E-state index in [-0.39, 0.29) is 5.92 Å². The van der Waals surface area contributed by atoms with Gasteiger partial charge in [-0.1, -0.05) is 41.5 Å². The van der Waals surface area contributed by atoms with Crippen molar-refractivity contribution in [2.24, 2.45) is 35.5 Å². The second-order valence-corrected chi connectivity index (χ2v) is 8.90. The van der Waals surface area contributed by atoms with Gasteiger partial charge in [0.1, 0.15) is 0 Å². The van der Waals surface area contributed by atoms with E-state index in [0.717, 1.165) is 30.8 Å². The molecule has 0 aromatic rings. The lowest BCUT2D eigenvalue weighted by Gasteiger charge is -2.45. The summed E-state index contributed by atoms with van der Waals surface area (Å²) >= 11 is 0. The first kappa shape index (κ1) is 18.8. The standard InChI is InChI=1S/C20H38N2O/c1-14(2)18-7-9-21(10-8-18)13-19-16(5)11-22(12-17(19)6)20(23)15(3)4/h14-19H,7-13H2,1-6H3/t16-,17+,19?. The van der Waals surface area contributed by atoms with E-state index >= 15 is 0 Å². The molecule has 0 radical (unpaired) electrons. The van der Waals surface area contributed by atoms with E-state index in [1.807, 2.05) is 13.8 Å². The van der Waals surface area contributed by atoms with Gasteiger partial charge in [-0.05, 0) is 55.5 Å². The smallest absolute Gasteiger partial charge is 0.225 e. The Hall–Kier alpha value is -0.570. The average Bonchev–Trinajstić information content (AvgIpc) is 2.50. The average molecular weight is 323 g/mol. The fourth-order valence-electron chi connectivity index (χ4n) is 4.61. The second-order valence-electron chi connectivity index (χ2n) is 8.90. The Morgan fingerprint density at radius 2 is 1.52 bits per heavy atom. The molecule has 0 aliphatic carbocycles. The van der Waals surface area contributed by atoms with Crippen LogP contribution in [0.4, 0.5) is 0 Å². The number of rotatable bonds is 4. The zero-order valence-electron chi connectivity index (χ0n) is 16.2. The van der Waals surface area contributed by atoms with Crippen LogP contribution in [0.25, 0.3) is 0 Å². The molecule has 0 aromatic carbocycles. The summed E-state index contributed by atoms with van der Waals surface area (Å²) in [4.78, 5) is 17.1. The molecule has 0 bridgehead atoms. The molecule has 2 rings (SSSR count). The zero-order valence-corrected chi connectivity index (χ0v) is 16.2. The number of carbonyl (C=O) groups excluding carboxylic acids is 1. The number of hydrogen-bond donors (Lipinski definition) is 0. The number of likely N-dealkylation sites (tertiary alicyclic amines) is 2. The maximum atomic E-state index is 12.3. The minimum absolute atomic E-state index is 0.126. The molecular formula is C20H38N2O. The number of amides is 1. The molecule has 2 fully saturated rings. The van der Waals surface area contributed by atoms with Crippen LogP contribution < -0.4 is 0 Å². The van der Waals surface area contributed by atoms with Crippen molar-refractivity contribution in [3.63, 3.8) is 0 Å². The lowest BCUT2D eigenvalue weighted by molar-refractivity contribution is -0.138. The van der Waals surface area contributed by atoms with Crippen LogP contribution in [0.3, 0.4) is 0 Å². The first-order chi connectivity index (χ1) is 10.8. The van der Waals surface area contributed by atoms with E-state index < -0.39 is 0 Å².